The molecule has 0 saturated carbocycles. The molecule has 0 saturated heterocycles. The molecule has 0 fully saturated rings. The van der Waals surface area contributed by atoms with E-state index in [2.05, 4.69) is 30.4 Å². The topological polar surface area (TPSA) is 96.9 Å². The van der Waals surface area contributed by atoms with Gasteiger partial charge in [0.15, 0.2) is 18.8 Å². The highest BCUT2D eigenvalue weighted by Crippen LogP contribution is 2.30. The van der Waals surface area contributed by atoms with E-state index in [0.29, 0.717) is 13.0 Å². The van der Waals surface area contributed by atoms with Crippen LogP contribution >= 0.6 is 11.6 Å². The zero-order valence-corrected chi connectivity index (χ0v) is 19.4. The normalized spacial score (nSPS) is 14.9. The van der Waals surface area contributed by atoms with E-state index in [9.17, 15) is 32.3 Å². The summed E-state index contributed by atoms with van der Waals surface area (Å²) in [7, 11) is 0. The first-order valence-corrected chi connectivity index (χ1v) is 9.98. The van der Waals surface area contributed by atoms with Gasteiger partial charge in [0.1, 0.15) is 11.6 Å². The van der Waals surface area contributed by atoms with Gasteiger partial charge in [-0.15, -0.1) is 0 Å². The van der Waals surface area contributed by atoms with Gasteiger partial charge in [-0.05, 0) is 26.0 Å². The van der Waals surface area contributed by atoms with Crippen LogP contribution in [0.5, 0.6) is 0 Å². The number of ether oxygens (including phenoxy) is 2. The van der Waals surface area contributed by atoms with Crippen molar-refractivity contribution in [2.24, 2.45) is 0 Å². The van der Waals surface area contributed by atoms with Crippen LogP contribution in [-0.4, -0.2) is 48.0 Å². The Morgan fingerprint density at radius 2 is 1.76 bits per heavy atom. The Kier molecular flexibility index (Phi) is 13.0. The number of carbonyl (C=O) groups excluding carboxylic acids is 2. The van der Waals surface area contributed by atoms with Crippen LogP contribution < -0.4 is 10.6 Å². The summed E-state index contributed by atoms with van der Waals surface area (Å²) in [6.45, 7) is 11.6. The zero-order valence-electron chi connectivity index (χ0n) is 18.7. The van der Waals surface area contributed by atoms with E-state index in [1.165, 1.54) is 0 Å². The largest absolute Gasteiger partial charge is 0.491 e. The molecule has 0 aliphatic carbocycles. The molecule has 0 spiro atoms. The first-order valence-electron chi connectivity index (χ1n) is 9.61. The molecule has 190 valence electrons. The third-order valence-electron chi connectivity index (χ3n) is 3.71. The molecule has 0 bridgehead atoms. The monoisotopic (exact) mass is 510 g/mol. The molecule has 2 atom stereocenters. The predicted octanol–water partition coefficient (Wildman–Crippen LogP) is 4.05. The summed E-state index contributed by atoms with van der Waals surface area (Å²) in [5.74, 6) is -2.12. The van der Waals surface area contributed by atoms with Crippen LogP contribution in [0.25, 0.3) is 0 Å². The first kappa shape index (κ1) is 30.9. The Morgan fingerprint density at radius 3 is 2.32 bits per heavy atom. The summed E-state index contributed by atoms with van der Waals surface area (Å²) in [5.41, 5.74) is -2.72. The second kappa shape index (κ2) is 14.3. The second-order valence-electron chi connectivity index (χ2n) is 7.12. The Hall–Kier alpha value is -3.05. The fraction of sp³-hybridized carbons (Fsp3) is 0.364. The van der Waals surface area contributed by atoms with Gasteiger partial charge in [0, 0.05) is 24.2 Å². The van der Waals surface area contributed by atoms with Gasteiger partial charge in [0.25, 0.3) is 11.8 Å². The van der Waals surface area contributed by atoms with E-state index >= 15 is 0 Å². The maximum absolute atomic E-state index is 13.3. The molecule has 0 radical (unpaired) electrons. The highest BCUT2D eigenvalue weighted by Gasteiger charge is 2.47. The van der Waals surface area contributed by atoms with E-state index < -0.39 is 48.7 Å². The smallest absolute Gasteiger partial charge is 0.420 e. The number of halogens is 5. The molecule has 3 N–H and O–H groups in total. The van der Waals surface area contributed by atoms with Gasteiger partial charge in [0.2, 0.25) is 0 Å². The maximum Gasteiger partial charge on any atom is 0.420 e. The molecule has 2 unspecified atom stereocenters. The minimum atomic E-state index is -4.82. The summed E-state index contributed by atoms with van der Waals surface area (Å²) in [5, 5.41) is 13.9. The van der Waals surface area contributed by atoms with Gasteiger partial charge in [-0.25, -0.2) is 4.39 Å². The van der Waals surface area contributed by atoms with Crippen molar-refractivity contribution >= 4 is 23.4 Å². The molecule has 0 rings (SSSR count). The average Bonchev–Trinajstić information content (AvgIpc) is 2.67. The van der Waals surface area contributed by atoms with Crippen LogP contribution in [-0.2, 0) is 19.1 Å². The standard InChI is InChI=1S/C22H27ClF4N2O5/c1-14(10-15(2)29-20(31)13-34-16(3)11-18(24)17(4)23)28-19(30)12-33-9-7-6-8-21(5,32)22(25,26)27/h6-9,11,14,32H,2-4,10,12-13H2,1,5H3,(H,28,30)(H,29,31)/b8-6+,9-7+,18-11+. The van der Waals surface area contributed by atoms with Gasteiger partial charge < -0.3 is 25.2 Å². The van der Waals surface area contributed by atoms with Crippen LogP contribution in [0, 0.1) is 0 Å². The van der Waals surface area contributed by atoms with Gasteiger partial charge in [-0.2, -0.15) is 13.2 Å². The van der Waals surface area contributed by atoms with Gasteiger partial charge in [-0.3, -0.25) is 9.59 Å². The van der Waals surface area contributed by atoms with Crippen LogP contribution in [0.2, 0.25) is 0 Å². The quantitative estimate of drug-likeness (QED) is 0.186. The lowest BCUT2D eigenvalue weighted by Gasteiger charge is -2.21. The summed E-state index contributed by atoms with van der Waals surface area (Å²) in [4.78, 5) is 23.7. The number of carbonyl (C=O) groups is 2. The molecule has 34 heavy (non-hydrogen) atoms. The van der Waals surface area contributed by atoms with E-state index in [0.717, 1.165) is 24.5 Å². The summed E-state index contributed by atoms with van der Waals surface area (Å²) in [6, 6.07) is -0.447. The second-order valence-corrected chi connectivity index (χ2v) is 7.58. The number of aliphatic hydroxyl groups is 1. The van der Waals surface area contributed by atoms with E-state index in [1.54, 1.807) is 6.92 Å². The highest BCUT2D eigenvalue weighted by atomic mass is 35.5. The number of hydrogen-bond acceptors (Lipinski definition) is 5. The average molecular weight is 511 g/mol. The molecule has 0 aromatic carbocycles. The fourth-order valence-corrected chi connectivity index (χ4v) is 2.06. The van der Waals surface area contributed by atoms with Crippen molar-refractivity contribution in [3.05, 3.63) is 72.6 Å². The lowest BCUT2D eigenvalue weighted by molar-refractivity contribution is -0.232. The number of hydrogen-bond donors (Lipinski definition) is 3. The minimum Gasteiger partial charge on any atom is -0.491 e. The molecule has 0 heterocycles. The van der Waals surface area contributed by atoms with E-state index in [4.69, 9.17) is 21.1 Å². The Bertz CT molecular complexity index is 864. The van der Waals surface area contributed by atoms with Crippen LogP contribution in [0.15, 0.2) is 72.6 Å². The molecule has 7 nitrogen and oxygen atoms in total. The Labute approximate surface area is 200 Å². The van der Waals surface area contributed by atoms with Crippen molar-refractivity contribution in [3.63, 3.8) is 0 Å². The lowest BCUT2D eigenvalue weighted by Crippen LogP contribution is -2.39. The first-order chi connectivity index (χ1) is 15.5. The highest BCUT2D eigenvalue weighted by molar-refractivity contribution is 6.31. The number of alkyl halides is 3. The molecule has 0 aliphatic rings. The molecule has 2 amide bonds. The SMILES string of the molecule is C=C(CC(C)NC(=O)CO/C=C/C=C/C(C)(O)C(F)(F)F)NC(=O)COC(=C)/C=C(/F)C(=C)Cl. The van der Waals surface area contributed by atoms with Gasteiger partial charge in [-0.1, -0.05) is 37.4 Å². The van der Waals surface area contributed by atoms with Crippen molar-refractivity contribution in [3.8, 4) is 0 Å². The molecular formula is C22H27ClF4N2O5. The van der Waals surface area contributed by atoms with Crippen molar-refractivity contribution in [2.75, 3.05) is 13.2 Å². The molecule has 0 aromatic rings. The molecule has 12 heteroatoms. The van der Waals surface area contributed by atoms with Crippen LogP contribution in [0.1, 0.15) is 20.3 Å². The fourth-order valence-electron chi connectivity index (χ4n) is 2.00. The maximum atomic E-state index is 13.3. The van der Waals surface area contributed by atoms with Crippen LogP contribution in [0.4, 0.5) is 17.6 Å². The van der Waals surface area contributed by atoms with Crippen molar-refractivity contribution in [1.82, 2.24) is 10.6 Å². The third-order valence-corrected chi connectivity index (χ3v) is 3.89. The number of rotatable bonds is 14. The summed E-state index contributed by atoms with van der Waals surface area (Å²) >= 11 is 5.35. The number of amides is 2. The number of allylic oxidation sites excluding steroid dienone is 5. The van der Waals surface area contributed by atoms with E-state index in [-0.39, 0.29) is 22.9 Å². The Balaban J connectivity index is 4.28. The summed E-state index contributed by atoms with van der Waals surface area (Å²) < 4.78 is 60.5. The van der Waals surface area contributed by atoms with Crippen LogP contribution in [0.3, 0.4) is 0 Å². The third kappa shape index (κ3) is 13.5. The number of nitrogens with one attached hydrogen (secondary N) is 2. The van der Waals surface area contributed by atoms with E-state index in [1.807, 2.05) is 0 Å². The molecule has 0 aliphatic heterocycles. The molecular weight excluding hydrogens is 484 g/mol. The van der Waals surface area contributed by atoms with Crippen molar-refractivity contribution in [1.29, 1.82) is 0 Å². The molecule has 0 aromatic heterocycles. The summed E-state index contributed by atoms with van der Waals surface area (Å²) in [6.07, 6.45) is -0.247. The Morgan fingerprint density at radius 1 is 1.15 bits per heavy atom. The van der Waals surface area contributed by atoms with Crippen molar-refractivity contribution < 1.29 is 41.7 Å². The minimum absolute atomic E-state index is 0.143. The van der Waals surface area contributed by atoms with Gasteiger partial charge >= 0.3 is 6.18 Å². The van der Waals surface area contributed by atoms with Gasteiger partial charge in [0.05, 0.1) is 11.3 Å². The predicted molar refractivity (Wildman–Crippen MR) is 120 cm³/mol. The van der Waals surface area contributed by atoms with Crippen molar-refractivity contribution in [2.45, 2.75) is 38.1 Å². The zero-order chi connectivity index (χ0) is 26.5. The lowest BCUT2D eigenvalue weighted by atomic mass is 10.1.